The van der Waals surface area contributed by atoms with E-state index >= 15 is 0 Å². The Bertz CT molecular complexity index is 612. The summed E-state index contributed by atoms with van der Waals surface area (Å²) in [5.41, 5.74) is 1.10. The lowest BCUT2D eigenvalue weighted by Crippen LogP contribution is -2.38. The zero-order chi connectivity index (χ0) is 15.8. The van der Waals surface area contributed by atoms with Crippen LogP contribution < -0.4 is 10.6 Å². The van der Waals surface area contributed by atoms with Gasteiger partial charge < -0.3 is 10.6 Å². The van der Waals surface area contributed by atoms with E-state index in [0.717, 1.165) is 16.9 Å². The van der Waals surface area contributed by atoms with E-state index in [2.05, 4.69) is 10.6 Å². The van der Waals surface area contributed by atoms with Gasteiger partial charge in [0, 0.05) is 16.4 Å². The molecule has 0 radical (unpaired) electrons. The molecule has 1 heterocycles. The van der Waals surface area contributed by atoms with Crippen molar-refractivity contribution >= 4 is 34.8 Å². The maximum Gasteiger partial charge on any atom is 0.239 e. The van der Waals surface area contributed by atoms with Crippen LogP contribution in [0.5, 0.6) is 0 Å². The Hall–Kier alpha value is -1.85. The summed E-state index contributed by atoms with van der Waals surface area (Å²) >= 11 is 7.34. The lowest BCUT2D eigenvalue weighted by atomic mass is 10.1. The molecule has 6 heteroatoms. The van der Waals surface area contributed by atoms with Crippen molar-refractivity contribution in [2.45, 2.75) is 12.8 Å². The Kier molecular flexibility index (Phi) is 6.43. The molecule has 116 valence electrons. The summed E-state index contributed by atoms with van der Waals surface area (Å²) < 4.78 is 0. The number of thiophene rings is 1. The Morgan fingerprint density at radius 1 is 1.05 bits per heavy atom. The van der Waals surface area contributed by atoms with Crippen LogP contribution in [-0.2, 0) is 22.4 Å². The van der Waals surface area contributed by atoms with Crippen molar-refractivity contribution in [2.24, 2.45) is 0 Å². The van der Waals surface area contributed by atoms with Gasteiger partial charge in [-0.05, 0) is 35.6 Å². The Morgan fingerprint density at radius 2 is 1.82 bits per heavy atom. The molecule has 0 aliphatic rings. The number of hydrogen-bond acceptors (Lipinski definition) is 3. The summed E-state index contributed by atoms with van der Waals surface area (Å²) in [6, 6.07) is 11.3. The third-order valence-corrected chi connectivity index (χ3v) is 4.14. The molecule has 2 N–H and O–H groups in total. The molecule has 22 heavy (non-hydrogen) atoms. The van der Waals surface area contributed by atoms with Crippen LogP contribution in [0.25, 0.3) is 0 Å². The standard InChI is InChI=1S/C16H17ClN2O2S/c17-13-5-3-12(4-6-13)7-8-18-16(21)11-19-15(20)10-14-2-1-9-22-14/h1-6,9H,7-8,10-11H2,(H,18,21)(H,19,20). The normalized spacial score (nSPS) is 10.2. The summed E-state index contributed by atoms with van der Waals surface area (Å²) in [7, 11) is 0. The summed E-state index contributed by atoms with van der Waals surface area (Å²) in [4.78, 5) is 24.3. The monoisotopic (exact) mass is 336 g/mol. The maximum atomic E-state index is 11.6. The molecule has 1 aromatic heterocycles. The van der Waals surface area contributed by atoms with Gasteiger partial charge in [-0.1, -0.05) is 29.8 Å². The molecule has 2 aromatic rings. The van der Waals surface area contributed by atoms with Crippen LogP contribution in [0.2, 0.25) is 5.02 Å². The molecule has 0 unspecified atom stereocenters. The van der Waals surface area contributed by atoms with Crippen LogP contribution in [0.3, 0.4) is 0 Å². The highest BCUT2D eigenvalue weighted by molar-refractivity contribution is 7.10. The van der Waals surface area contributed by atoms with Gasteiger partial charge in [0.25, 0.3) is 0 Å². The first-order chi connectivity index (χ1) is 10.6. The van der Waals surface area contributed by atoms with Crippen LogP contribution in [0, 0.1) is 0 Å². The van der Waals surface area contributed by atoms with E-state index in [-0.39, 0.29) is 18.4 Å². The first kappa shape index (κ1) is 16.5. The SMILES string of the molecule is O=C(CNC(=O)Cc1cccs1)NCCc1ccc(Cl)cc1. The van der Waals surface area contributed by atoms with E-state index in [1.165, 1.54) is 11.3 Å². The Labute approximate surface area is 138 Å². The number of rotatable bonds is 7. The Morgan fingerprint density at radius 3 is 2.50 bits per heavy atom. The van der Waals surface area contributed by atoms with Gasteiger partial charge in [-0.25, -0.2) is 0 Å². The van der Waals surface area contributed by atoms with Gasteiger partial charge in [-0.2, -0.15) is 0 Å². The lowest BCUT2D eigenvalue weighted by Gasteiger charge is -2.07. The van der Waals surface area contributed by atoms with E-state index in [1.54, 1.807) is 0 Å². The highest BCUT2D eigenvalue weighted by atomic mass is 35.5. The van der Waals surface area contributed by atoms with Gasteiger partial charge >= 0.3 is 0 Å². The molecule has 0 saturated carbocycles. The van der Waals surface area contributed by atoms with Crippen molar-refractivity contribution < 1.29 is 9.59 Å². The highest BCUT2D eigenvalue weighted by Crippen LogP contribution is 2.09. The number of nitrogens with one attached hydrogen (secondary N) is 2. The fourth-order valence-electron chi connectivity index (χ4n) is 1.87. The molecular formula is C16H17ClN2O2S. The van der Waals surface area contributed by atoms with Gasteiger partial charge in [0.15, 0.2) is 0 Å². The lowest BCUT2D eigenvalue weighted by molar-refractivity contribution is -0.125. The number of benzene rings is 1. The summed E-state index contributed by atoms with van der Waals surface area (Å²) in [6.07, 6.45) is 1.04. The van der Waals surface area contributed by atoms with Crippen molar-refractivity contribution in [2.75, 3.05) is 13.1 Å². The molecule has 4 nitrogen and oxygen atoms in total. The predicted octanol–water partition coefficient (Wildman–Crippen LogP) is 2.42. The van der Waals surface area contributed by atoms with Crippen LogP contribution in [-0.4, -0.2) is 24.9 Å². The second-order valence-electron chi connectivity index (χ2n) is 4.76. The van der Waals surface area contributed by atoms with Crippen LogP contribution in [0.15, 0.2) is 41.8 Å². The Balaban J connectivity index is 1.61. The van der Waals surface area contributed by atoms with Gasteiger partial charge in [0.1, 0.15) is 0 Å². The van der Waals surface area contributed by atoms with E-state index in [4.69, 9.17) is 11.6 Å². The molecule has 0 saturated heterocycles. The molecule has 0 fully saturated rings. The molecule has 0 spiro atoms. The minimum Gasteiger partial charge on any atom is -0.354 e. The van der Waals surface area contributed by atoms with Crippen LogP contribution >= 0.6 is 22.9 Å². The summed E-state index contributed by atoms with van der Waals surface area (Å²) in [5, 5.41) is 8.01. The quantitative estimate of drug-likeness (QED) is 0.815. The van der Waals surface area contributed by atoms with Gasteiger partial charge in [-0.15, -0.1) is 11.3 Å². The average molecular weight is 337 g/mol. The first-order valence-corrected chi connectivity index (χ1v) is 8.19. The molecule has 0 aliphatic carbocycles. The zero-order valence-corrected chi connectivity index (χ0v) is 13.5. The van der Waals surface area contributed by atoms with Crippen LogP contribution in [0.4, 0.5) is 0 Å². The fraction of sp³-hybridized carbons (Fsp3) is 0.250. The number of carbonyl (C=O) groups is 2. The van der Waals surface area contributed by atoms with Gasteiger partial charge in [0.05, 0.1) is 13.0 Å². The minimum atomic E-state index is -0.187. The fourth-order valence-corrected chi connectivity index (χ4v) is 2.70. The van der Waals surface area contributed by atoms with E-state index < -0.39 is 0 Å². The van der Waals surface area contributed by atoms with E-state index in [1.807, 2.05) is 41.8 Å². The van der Waals surface area contributed by atoms with Crippen molar-refractivity contribution in [3.8, 4) is 0 Å². The summed E-state index contributed by atoms with van der Waals surface area (Å²) in [6.45, 7) is 0.534. The first-order valence-electron chi connectivity index (χ1n) is 6.94. The van der Waals surface area contributed by atoms with Crippen molar-refractivity contribution in [3.05, 3.63) is 57.2 Å². The average Bonchev–Trinajstić information content (AvgIpc) is 3.00. The van der Waals surface area contributed by atoms with Crippen molar-refractivity contribution in [1.29, 1.82) is 0 Å². The number of amides is 2. The minimum absolute atomic E-state index is 0.00479. The number of halogens is 1. The predicted molar refractivity (Wildman–Crippen MR) is 89.2 cm³/mol. The smallest absolute Gasteiger partial charge is 0.239 e. The topological polar surface area (TPSA) is 58.2 Å². The summed E-state index contributed by atoms with van der Waals surface area (Å²) in [5.74, 6) is -0.330. The molecule has 2 rings (SSSR count). The maximum absolute atomic E-state index is 11.6. The molecule has 1 aromatic carbocycles. The molecule has 0 atom stereocenters. The van der Waals surface area contributed by atoms with E-state index in [0.29, 0.717) is 18.0 Å². The zero-order valence-electron chi connectivity index (χ0n) is 12.0. The van der Waals surface area contributed by atoms with Gasteiger partial charge in [-0.3, -0.25) is 9.59 Å². The van der Waals surface area contributed by atoms with E-state index in [9.17, 15) is 9.59 Å². The van der Waals surface area contributed by atoms with Crippen molar-refractivity contribution in [3.63, 3.8) is 0 Å². The highest BCUT2D eigenvalue weighted by Gasteiger charge is 2.06. The third-order valence-electron chi connectivity index (χ3n) is 3.01. The number of carbonyl (C=O) groups excluding carboxylic acids is 2. The molecule has 2 amide bonds. The van der Waals surface area contributed by atoms with Crippen LogP contribution in [0.1, 0.15) is 10.4 Å². The van der Waals surface area contributed by atoms with Gasteiger partial charge in [0.2, 0.25) is 11.8 Å². The third kappa shape index (κ3) is 5.87. The second kappa shape index (κ2) is 8.56. The molecule has 0 bridgehead atoms. The van der Waals surface area contributed by atoms with Crippen molar-refractivity contribution in [1.82, 2.24) is 10.6 Å². The second-order valence-corrected chi connectivity index (χ2v) is 6.23. The largest absolute Gasteiger partial charge is 0.354 e. The molecule has 0 aliphatic heterocycles. The number of hydrogen-bond donors (Lipinski definition) is 2. The molecular weight excluding hydrogens is 320 g/mol.